The van der Waals surface area contributed by atoms with Crippen LogP contribution in [-0.4, -0.2) is 12.3 Å². The maximum atomic E-state index is 12.9. The van der Waals surface area contributed by atoms with E-state index in [0.29, 0.717) is 0 Å². The Balaban J connectivity index is 1.94. The molecule has 2 nitrogen and oxygen atoms in total. The molecule has 0 spiro atoms. The molecule has 1 heterocycles. The van der Waals surface area contributed by atoms with Crippen molar-refractivity contribution in [3.63, 3.8) is 0 Å². The van der Waals surface area contributed by atoms with Crippen LogP contribution in [0.25, 0.3) is 0 Å². The molecular formula is C15H13FN2. The Kier molecular flexibility index (Phi) is 2.81. The molecule has 3 rings (SSSR count). The fourth-order valence-electron chi connectivity index (χ4n) is 2.24. The molecule has 1 atom stereocenters. The number of hydrazone groups is 1. The normalized spacial score (nSPS) is 18.3. The van der Waals surface area contributed by atoms with Gasteiger partial charge in [-0.1, -0.05) is 42.5 Å². The van der Waals surface area contributed by atoms with Crippen LogP contribution in [0.5, 0.6) is 0 Å². The summed E-state index contributed by atoms with van der Waals surface area (Å²) in [6.07, 6.45) is 0. The number of hydrogen-bond donors (Lipinski definition) is 1. The van der Waals surface area contributed by atoms with Crippen molar-refractivity contribution in [3.05, 3.63) is 71.5 Å². The van der Waals surface area contributed by atoms with Crippen LogP contribution in [-0.2, 0) is 0 Å². The first kappa shape index (κ1) is 11.0. The zero-order chi connectivity index (χ0) is 12.4. The van der Waals surface area contributed by atoms with E-state index in [2.05, 4.69) is 22.7 Å². The van der Waals surface area contributed by atoms with Crippen molar-refractivity contribution in [2.24, 2.45) is 5.10 Å². The number of nitrogens with zero attached hydrogens (tertiary/aromatic N) is 1. The topological polar surface area (TPSA) is 24.4 Å². The van der Waals surface area contributed by atoms with Gasteiger partial charge in [0, 0.05) is 12.5 Å². The average molecular weight is 240 g/mol. The first-order chi connectivity index (χ1) is 8.84. The Morgan fingerprint density at radius 2 is 1.72 bits per heavy atom. The lowest BCUT2D eigenvalue weighted by atomic mass is 9.91. The molecule has 18 heavy (non-hydrogen) atoms. The van der Waals surface area contributed by atoms with Crippen LogP contribution in [0.15, 0.2) is 59.7 Å². The highest BCUT2D eigenvalue weighted by Crippen LogP contribution is 2.24. The van der Waals surface area contributed by atoms with Gasteiger partial charge >= 0.3 is 0 Å². The van der Waals surface area contributed by atoms with Crippen LogP contribution in [0.4, 0.5) is 4.39 Å². The van der Waals surface area contributed by atoms with E-state index in [-0.39, 0.29) is 11.7 Å². The quantitative estimate of drug-likeness (QED) is 0.857. The van der Waals surface area contributed by atoms with Crippen molar-refractivity contribution in [1.82, 2.24) is 5.43 Å². The molecule has 0 unspecified atom stereocenters. The highest BCUT2D eigenvalue weighted by Gasteiger charge is 2.24. The molecule has 0 fully saturated rings. The van der Waals surface area contributed by atoms with Crippen molar-refractivity contribution < 1.29 is 4.39 Å². The Hall–Kier alpha value is -2.16. The molecular weight excluding hydrogens is 227 g/mol. The lowest BCUT2D eigenvalue weighted by molar-refractivity contribution is 0.627. The van der Waals surface area contributed by atoms with Crippen molar-refractivity contribution in [3.8, 4) is 0 Å². The van der Waals surface area contributed by atoms with Gasteiger partial charge in [-0.15, -0.1) is 0 Å². The summed E-state index contributed by atoms with van der Waals surface area (Å²) >= 11 is 0. The van der Waals surface area contributed by atoms with Crippen molar-refractivity contribution in [1.29, 1.82) is 0 Å². The molecule has 0 saturated heterocycles. The van der Waals surface area contributed by atoms with E-state index in [1.54, 1.807) is 12.1 Å². The number of nitrogens with one attached hydrogen (secondary N) is 1. The van der Waals surface area contributed by atoms with Gasteiger partial charge in [0.1, 0.15) is 5.82 Å². The van der Waals surface area contributed by atoms with Crippen LogP contribution < -0.4 is 5.43 Å². The van der Waals surface area contributed by atoms with Gasteiger partial charge in [-0.05, 0) is 23.3 Å². The van der Waals surface area contributed by atoms with Gasteiger partial charge in [-0.25, -0.2) is 4.39 Å². The monoisotopic (exact) mass is 240 g/mol. The maximum Gasteiger partial charge on any atom is 0.123 e. The van der Waals surface area contributed by atoms with E-state index in [4.69, 9.17) is 0 Å². The standard InChI is InChI=1S/C15H13FN2/c16-13-8-6-12(7-9-13)15-14(10-17-18-15)11-4-2-1-3-5-11/h1-9,14,17H,10H2/t14-/m0/s1. The zero-order valence-electron chi connectivity index (χ0n) is 9.81. The van der Waals surface area contributed by atoms with E-state index in [9.17, 15) is 4.39 Å². The minimum absolute atomic E-state index is 0.221. The zero-order valence-corrected chi connectivity index (χ0v) is 9.81. The third kappa shape index (κ3) is 1.99. The van der Waals surface area contributed by atoms with Crippen LogP contribution in [0.1, 0.15) is 17.0 Å². The Morgan fingerprint density at radius 1 is 1.00 bits per heavy atom. The molecule has 0 amide bonds. The van der Waals surface area contributed by atoms with Gasteiger partial charge in [0.15, 0.2) is 0 Å². The van der Waals surface area contributed by atoms with Gasteiger partial charge in [0.2, 0.25) is 0 Å². The SMILES string of the molecule is Fc1ccc(C2=NNC[C@H]2c2ccccc2)cc1. The molecule has 1 aliphatic rings. The smallest absolute Gasteiger partial charge is 0.123 e. The molecule has 0 bridgehead atoms. The Morgan fingerprint density at radius 3 is 2.44 bits per heavy atom. The number of rotatable bonds is 2. The number of halogens is 1. The summed E-state index contributed by atoms with van der Waals surface area (Å²) in [5, 5.41) is 4.34. The fourth-order valence-corrected chi connectivity index (χ4v) is 2.24. The first-order valence-corrected chi connectivity index (χ1v) is 5.96. The maximum absolute atomic E-state index is 12.9. The highest BCUT2D eigenvalue weighted by atomic mass is 19.1. The van der Waals surface area contributed by atoms with Crippen LogP contribution in [0, 0.1) is 5.82 Å². The van der Waals surface area contributed by atoms with E-state index in [0.717, 1.165) is 17.8 Å². The predicted octanol–water partition coefficient (Wildman–Crippen LogP) is 2.92. The number of benzene rings is 2. The van der Waals surface area contributed by atoms with Gasteiger partial charge in [0.25, 0.3) is 0 Å². The summed E-state index contributed by atoms with van der Waals surface area (Å²) in [6.45, 7) is 0.788. The summed E-state index contributed by atoms with van der Waals surface area (Å²) in [5.41, 5.74) is 6.20. The molecule has 0 aliphatic carbocycles. The van der Waals surface area contributed by atoms with E-state index in [1.807, 2.05) is 18.2 Å². The Bertz CT molecular complexity index is 561. The second kappa shape index (κ2) is 4.61. The summed E-state index contributed by atoms with van der Waals surface area (Å²) in [7, 11) is 0. The van der Waals surface area contributed by atoms with Gasteiger partial charge in [-0.2, -0.15) is 5.10 Å². The molecule has 0 saturated carbocycles. The minimum Gasteiger partial charge on any atom is -0.309 e. The summed E-state index contributed by atoms with van der Waals surface area (Å²) in [4.78, 5) is 0. The Labute approximate surface area is 105 Å². The van der Waals surface area contributed by atoms with E-state index < -0.39 is 0 Å². The van der Waals surface area contributed by atoms with E-state index >= 15 is 0 Å². The minimum atomic E-state index is -0.221. The molecule has 1 N–H and O–H groups in total. The summed E-state index contributed by atoms with van der Waals surface area (Å²) < 4.78 is 12.9. The molecule has 0 aromatic heterocycles. The van der Waals surface area contributed by atoms with Crippen molar-refractivity contribution in [2.45, 2.75) is 5.92 Å². The van der Waals surface area contributed by atoms with Crippen LogP contribution >= 0.6 is 0 Å². The lowest BCUT2D eigenvalue weighted by Crippen LogP contribution is -2.14. The third-order valence-corrected chi connectivity index (χ3v) is 3.17. The third-order valence-electron chi connectivity index (χ3n) is 3.17. The largest absolute Gasteiger partial charge is 0.309 e. The van der Waals surface area contributed by atoms with Gasteiger partial charge in [0.05, 0.1) is 5.71 Å². The predicted molar refractivity (Wildman–Crippen MR) is 70.1 cm³/mol. The van der Waals surface area contributed by atoms with E-state index in [1.165, 1.54) is 17.7 Å². The first-order valence-electron chi connectivity index (χ1n) is 5.96. The lowest BCUT2D eigenvalue weighted by Gasteiger charge is -2.12. The van der Waals surface area contributed by atoms with Crippen LogP contribution in [0.3, 0.4) is 0 Å². The van der Waals surface area contributed by atoms with Crippen LogP contribution in [0.2, 0.25) is 0 Å². The summed E-state index contributed by atoms with van der Waals surface area (Å²) in [5.74, 6) is 0.0122. The summed E-state index contributed by atoms with van der Waals surface area (Å²) in [6, 6.07) is 16.7. The second-order valence-corrected chi connectivity index (χ2v) is 4.33. The van der Waals surface area contributed by atoms with Crippen molar-refractivity contribution in [2.75, 3.05) is 6.54 Å². The van der Waals surface area contributed by atoms with Crippen molar-refractivity contribution >= 4 is 5.71 Å². The molecule has 2 aromatic rings. The second-order valence-electron chi connectivity index (χ2n) is 4.33. The number of hydrogen-bond acceptors (Lipinski definition) is 2. The molecule has 90 valence electrons. The molecule has 3 heteroatoms. The molecule has 2 aromatic carbocycles. The fraction of sp³-hybridized carbons (Fsp3) is 0.133. The molecule has 1 aliphatic heterocycles. The average Bonchev–Trinajstić information content (AvgIpc) is 2.90. The van der Waals surface area contributed by atoms with Gasteiger partial charge in [-0.3, -0.25) is 0 Å². The highest BCUT2D eigenvalue weighted by molar-refractivity contribution is 6.06. The van der Waals surface area contributed by atoms with Gasteiger partial charge < -0.3 is 5.43 Å². The molecule has 0 radical (unpaired) electrons.